The minimum atomic E-state index is 0.0853. The zero-order valence-electron chi connectivity index (χ0n) is 11.0. The van der Waals surface area contributed by atoms with E-state index in [4.69, 9.17) is 16.3 Å². The number of aryl methyl sites for hydroxylation is 1. The number of carbonyl (C=O) groups is 1. The largest absolute Gasteiger partial charge is 0.383 e. The van der Waals surface area contributed by atoms with Crippen LogP contribution in [0.5, 0.6) is 0 Å². The third kappa shape index (κ3) is 3.88. The Labute approximate surface area is 127 Å². The van der Waals surface area contributed by atoms with Crippen molar-refractivity contribution in [1.29, 1.82) is 0 Å². The molecule has 0 radical (unpaired) electrons. The Morgan fingerprint density at radius 1 is 1.53 bits per heavy atom. The van der Waals surface area contributed by atoms with E-state index in [1.807, 2.05) is 11.8 Å². The van der Waals surface area contributed by atoms with Crippen molar-refractivity contribution >= 4 is 40.6 Å². The molecule has 0 unspecified atom stereocenters. The van der Waals surface area contributed by atoms with Gasteiger partial charge in [0.05, 0.1) is 11.5 Å². The fourth-order valence-electron chi connectivity index (χ4n) is 2.03. The number of fused-ring (bicyclic) bond motifs is 1. The monoisotopic (exact) mass is 319 g/mol. The Hall–Kier alpha value is -0.230. The van der Waals surface area contributed by atoms with Gasteiger partial charge in [0.2, 0.25) is 0 Å². The van der Waals surface area contributed by atoms with Crippen molar-refractivity contribution in [2.45, 2.75) is 12.2 Å². The summed E-state index contributed by atoms with van der Waals surface area (Å²) in [4.78, 5) is 16.5. The van der Waals surface area contributed by atoms with E-state index in [2.05, 4.69) is 6.07 Å². The number of ether oxygens (including phenoxy) is 1. The molecular formula is C13H18ClNO2S2. The van der Waals surface area contributed by atoms with Crippen molar-refractivity contribution in [2.75, 3.05) is 38.4 Å². The van der Waals surface area contributed by atoms with Crippen molar-refractivity contribution in [3.63, 3.8) is 0 Å². The van der Waals surface area contributed by atoms with E-state index in [0.29, 0.717) is 25.6 Å². The molecule has 106 valence electrons. The summed E-state index contributed by atoms with van der Waals surface area (Å²) in [5.74, 6) is 2.74. The van der Waals surface area contributed by atoms with Gasteiger partial charge in [-0.3, -0.25) is 4.79 Å². The van der Waals surface area contributed by atoms with Gasteiger partial charge in [0.1, 0.15) is 0 Å². The van der Waals surface area contributed by atoms with Gasteiger partial charge in [0, 0.05) is 36.7 Å². The standard InChI is InChI=1S/C13H18ClNO2S2/c1-17-6-5-15(4-3-14)13(16)12-8-10-9-18-7-2-11(10)19-12/h8H,2-7,9H2,1H3. The Balaban J connectivity index is 2.09. The van der Waals surface area contributed by atoms with Crippen LogP contribution in [0.2, 0.25) is 0 Å². The molecule has 0 aliphatic carbocycles. The summed E-state index contributed by atoms with van der Waals surface area (Å²) in [7, 11) is 1.64. The highest BCUT2D eigenvalue weighted by Gasteiger charge is 2.21. The van der Waals surface area contributed by atoms with Crippen LogP contribution in [0.25, 0.3) is 0 Å². The second-order valence-electron chi connectivity index (χ2n) is 4.34. The number of hydrogen-bond acceptors (Lipinski definition) is 4. The number of amides is 1. The molecule has 19 heavy (non-hydrogen) atoms. The zero-order chi connectivity index (χ0) is 13.7. The number of thioether (sulfide) groups is 1. The molecule has 3 nitrogen and oxygen atoms in total. The molecule has 2 heterocycles. The lowest BCUT2D eigenvalue weighted by atomic mass is 10.2. The highest BCUT2D eigenvalue weighted by atomic mass is 35.5. The molecule has 1 amide bonds. The Bertz CT molecular complexity index is 413. The van der Waals surface area contributed by atoms with Gasteiger partial charge in [0.25, 0.3) is 5.91 Å². The van der Waals surface area contributed by atoms with Crippen LogP contribution in [0.15, 0.2) is 6.07 Å². The van der Waals surface area contributed by atoms with Crippen LogP contribution in [0.4, 0.5) is 0 Å². The fraction of sp³-hybridized carbons (Fsp3) is 0.615. The number of carbonyl (C=O) groups excluding carboxylic acids is 1. The Morgan fingerprint density at radius 2 is 2.37 bits per heavy atom. The van der Waals surface area contributed by atoms with E-state index in [-0.39, 0.29) is 5.91 Å². The molecule has 0 fully saturated rings. The number of alkyl halides is 1. The quantitative estimate of drug-likeness (QED) is 0.755. The minimum Gasteiger partial charge on any atom is -0.383 e. The maximum absolute atomic E-state index is 12.5. The summed E-state index contributed by atoms with van der Waals surface area (Å²) in [5, 5.41) is 0. The predicted molar refractivity (Wildman–Crippen MR) is 82.7 cm³/mol. The van der Waals surface area contributed by atoms with Gasteiger partial charge in [-0.2, -0.15) is 11.8 Å². The molecule has 0 spiro atoms. The molecule has 1 aliphatic rings. The molecule has 1 aromatic heterocycles. The van der Waals surface area contributed by atoms with Gasteiger partial charge >= 0.3 is 0 Å². The van der Waals surface area contributed by atoms with Crippen LogP contribution in [-0.4, -0.2) is 49.2 Å². The average Bonchev–Trinajstić information content (AvgIpc) is 2.86. The van der Waals surface area contributed by atoms with Crippen LogP contribution >= 0.6 is 34.7 Å². The molecule has 0 saturated heterocycles. The normalized spacial score (nSPS) is 14.2. The first-order valence-corrected chi connectivity index (χ1v) is 8.80. The molecule has 1 aliphatic heterocycles. The van der Waals surface area contributed by atoms with E-state index in [1.54, 1.807) is 23.3 Å². The molecule has 2 rings (SSSR count). The van der Waals surface area contributed by atoms with Crippen LogP contribution in [0.1, 0.15) is 20.1 Å². The molecular weight excluding hydrogens is 302 g/mol. The summed E-state index contributed by atoms with van der Waals surface area (Å²) < 4.78 is 5.05. The van der Waals surface area contributed by atoms with E-state index >= 15 is 0 Å². The Kier molecular flexibility index (Phi) is 6.01. The SMILES string of the molecule is COCCN(CCCl)C(=O)c1cc2c(s1)CCSC2. The number of rotatable bonds is 6. The Morgan fingerprint density at radius 3 is 3.05 bits per heavy atom. The third-order valence-electron chi connectivity index (χ3n) is 3.05. The van der Waals surface area contributed by atoms with E-state index < -0.39 is 0 Å². The highest BCUT2D eigenvalue weighted by molar-refractivity contribution is 7.98. The van der Waals surface area contributed by atoms with Crippen molar-refractivity contribution in [3.05, 3.63) is 21.4 Å². The summed E-state index contributed by atoms with van der Waals surface area (Å²) in [5.41, 5.74) is 1.34. The van der Waals surface area contributed by atoms with E-state index in [1.165, 1.54) is 10.4 Å². The topological polar surface area (TPSA) is 29.5 Å². The lowest BCUT2D eigenvalue weighted by Gasteiger charge is -2.20. The van der Waals surface area contributed by atoms with Crippen LogP contribution in [0, 0.1) is 0 Å². The van der Waals surface area contributed by atoms with Gasteiger partial charge in [-0.05, 0) is 23.8 Å². The van der Waals surface area contributed by atoms with Crippen molar-refractivity contribution in [1.82, 2.24) is 4.90 Å². The van der Waals surface area contributed by atoms with Gasteiger partial charge in [0.15, 0.2) is 0 Å². The van der Waals surface area contributed by atoms with Crippen LogP contribution < -0.4 is 0 Å². The first kappa shape index (κ1) is 15.2. The molecule has 0 bridgehead atoms. The highest BCUT2D eigenvalue weighted by Crippen LogP contribution is 2.32. The maximum Gasteiger partial charge on any atom is 0.264 e. The van der Waals surface area contributed by atoms with Gasteiger partial charge in [-0.15, -0.1) is 22.9 Å². The lowest BCUT2D eigenvalue weighted by molar-refractivity contribution is 0.0712. The number of halogens is 1. The molecule has 1 aromatic rings. The number of methoxy groups -OCH3 is 1. The predicted octanol–water partition coefficient (Wildman–Crippen LogP) is 2.86. The second kappa shape index (κ2) is 7.53. The van der Waals surface area contributed by atoms with Gasteiger partial charge in [-0.1, -0.05) is 0 Å². The lowest BCUT2D eigenvalue weighted by Crippen LogP contribution is -2.35. The molecule has 0 aromatic carbocycles. The zero-order valence-corrected chi connectivity index (χ0v) is 13.4. The smallest absolute Gasteiger partial charge is 0.264 e. The fourth-order valence-corrected chi connectivity index (χ4v) is 4.57. The summed E-state index contributed by atoms with van der Waals surface area (Å²) in [6.45, 7) is 1.71. The average molecular weight is 320 g/mol. The first-order valence-electron chi connectivity index (χ1n) is 6.29. The maximum atomic E-state index is 12.5. The molecule has 0 N–H and O–H groups in total. The summed E-state index contributed by atoms with van der Waals surface area (Å²) >= 11 is 9.35. The van der Waals surface area contributed by atoms with E-state index in [9.17, 15) is 4.79 Å². The number of hydrogen-bond donors (Lipinski definition) is 0. The van der Waals surface area contributed by atoms with Crippen molar-refractivity contribution in [3.8, 4) is 0 Å². The molecule has 0 atom stereocenters. The summed E-state index contributed by atoms with van der Waals surface area (Å²) in [6.07, 6.45) is 1.09. The molecule has 6 heteroatoms. The van der Waals surface area contributed by atoms with Crippen LogP contribution in [-0.2, 0) is 16.9 Å². The summed E-state index contributed by atoms with van der Waals surface area (Å²) in [6, 6.07) is 2.06. The third-order valence-corrected chi connectivity index (χ3v) is 5.45. The van der Waals surface area contributed by atoms with Gasteiger partial charge < -0.3 is 9.64 Å². The van der Waals surface area contributed by atoms with Crippen molar-refractivity contribution in [2.24, 2.45) is 0 Å². The van der Waals surface area contributed by atoms with Crippen LogP contribution in [0.3, 0.4) is 0 Å². The second-order valence-corrected chi connectivity index (χ2v) is 6.96. The van der Waals surface area contributed by atoms with E-state index in [0.717, 1.165) is 22.8 Å². The molecule has 0 saturated carbocycles. The minimum absolute atomic E-state index is 0.0853. The van der Waals surface area contributed by atoms with Gasteiger partial charge in [-0.25, -0.2) is 0 Å². The first-order chi connectivity index (χ1) is 9.26. The van der Waals surface area contributed by atoms with Crippen molar-refractivity contribution < 1.29 is 9.53 Å². The number of thiophene rings is 1. The number of nitrogens with zero attached hydrogens (tertiary/aromatic N) is 1.